The van der Waals surface area contributed by atoms with E-state index in [0.717, 1.165) is 18.2 Å². The summed E-state index contributed by atoms with van der Waals surface area (Å²) in [5.41, 5.74) is 0.178. The summed E-state index contributed by atoms with van der Waals surface area (Å²) < 4.78 is 28.3. The van der Waals surface area contributed by atoms with Crippen molar-refractivity contribution in [1.82, 2.24) is 0 Å². The fraction of sp³-hybridized carbons (Fsp3) is 0.556. The van der Waals surface area contributed by atoms with Gasteiger partial charge in [-0.1, -0.05) is 0 Å². The molecule has 3 aliphatic heterocycles. The van der Waals surface area contributed by atoms with Gasteiger partial charge in [0.15, 0.2) is 23.9 Å². The largest absolute Gasteiger partial charge is 0.508 e. The number of phenols is 4. The van der Waals surface area contributed by atoms with Crippen LogP contribution >= 0.6 is 0 Å². The van der Waals surface area contributed by atoms with Gasteiger partial charge in [-0.2, -0.15) is 0 Å². The van der Waals surface area contributed by atoms with Gasteiger partial charge < -0.3 is 85.0 Å². The summed E-state index contributed by atoms with van der Waals surface area (Å²) in [6.45, 7) is -1.49. The van der Waals surface area contributed by atoms with E-state index in [-0.39, 0.29) is 34.8 Å². The predicted octanol–water partition coefficient (Wildman–Crippen LogP) is -3.45. The van der Waals surface area contributed by atoms with Crippen molar-refractivity contribution in [3.05, 3.63) is 35.4 Å². The van der Waals surface area contributed by atoms with Gasteiger partial charge in [-0.3, -0.25) is 0 Å². The molecule has 0 unspecified atom stereocenters. The number of fused-ring (bicyclic) bond motifs is 1. The zero-order valence-electron chi connectivity index (χ0n) is 22.8. The molecule has 2 aromatic carbocycles. The summed E-state index contributed by atoms with van der Waals surface area (Å²) >= 11 is 0. The van der Waals surface area contributed by atoms with Crippen LogP contribution in [0, 0.1) is 0 Å². The highest BCUT2D eigenvalue weighted by molar-refractivity contribution is 5.55. The van der Waals surface area contributed by atoms with Gasteiger partial charge in [-0.25, -0.2) is 0 Å². The minimum Gasteiger partial charge on any atom is -0.508 e. The van der Waals surface area contributed by atoms with Crippen LogP contribution in [0.1, 0.15) is 17.2 Å². The van der Waals surface area contributed by atoms with E-state index in [1.807, 2.05) is 0 Å². The average Bonchev–Trinajstić information content (AvgIpc) is 2.99. The van der Waals surface area contributed by atoms with Gasteiger partial charge in [0.1, 0.15) is 72.2 Å². The van der Waals surface area contributed by atoms with Crippen molar-refractivity contribution in [3.8, 4) is 34.5 Å². The van der Waals surface area contributed by atoms with Crippen molar-refractivity contribution in [2.24, 2.45) is 0 Å². The lowest BCUT2D eigenvalue weighted by molar-refractivity contribution is -0.317. The first-order valence-corrected chi connectivity index (χ1v) is 13.5. The minimum atomic E-state index is -1.86. The van der Waals surface area contributed by atoms with E-state index in [0.29, 0.717) is 0 Å². The molecular weight excluding hydrogens is 596 g/mol. The molecule has 44 heavy (non-hydrogen) atoms. The number of aromatic hydroxyl groups is 4. The van der Waals surface area contributed by atoms with E-state index in [1.165, 1.54) is 6.07 Å². The van der Waals surface area contributed by atoms with Crippen molar-refractivity contribution in [2.45, 2.75) is 80.0 Å². The molecule has 0 aromatic heterocycles. The smallest absolute Gasteiger partial charge is 0.229 e. The monoisotopic (exact) mass is 630 g/mol. The molecule has 0 amide bonds. The molecule has 3 heterocycles. The van der Waals surface area contributed by atoms with E-state index in [4.69, 9.17) is 23.7 Å². The zero-order chi connectivity index (χ0) is 32.0. The van der Waals surface area contributed by atoms with Gasteiger partial charge in [0.25, 0.3) is 0 Å². The van der Waals surface area contributed by atoms with E-state index < -0.39 is 104 Å². The summed E-state index contributed by atoms with van der Waals surface area (Å²) in [5.74, 6) is -2.84. The van der Waals surface area contributed by atoms with Gasteiger partial charge in [0, 0.05) is 29.7 Å². The second-order valence-corrected chi connectivity index (χ2v) is 10.8. The number of aliphatic hydroxyl groups excluding tert-OH is 8. The Hall–Kier alpha value is -3.20. The van der Waals surface area contributed by atoms with Crippen LogP contribution in [0.3, 0.4) is 0 Å². The Morgan fingerprint density at radius 2 is 1.27 bits per heavy atom. The third kappa shape index (κ3) is 5.92. The van der Waals surface area contributed by atoms with E-state index in [1.54, 1.807) is 0 Å². The van der Waals surface area contributed by atoms with Gasteiger partial charge >= 0.3 is 0 Å². The summed E-state index contributed by atoms with van der Waals surface area (Å²) in [6, 6.07) is 4.43. The maximum absolute atomic E-state index is 10.6. The summed E-state index contributed by atoms with van der Waals surface area (Å²) in [5, 5.41) is 122. The number of hydrogen-bond acceptors (Lipinski definition) is 17. The maximum Gasteiger partial charge on any atom is 0.229 e. The molecule has 5 rings (SSSR count). The summed E-state index contributed by atoms with van der Waals surface area (Å²) in [6.07, 6.45) is -19.3. The SMILES string of the molecule is OC[C@H]1O[C@@H](Oc2cc([C@@H]3Oc4cc(O)cc(O)c4C[C@H]3O[C@@H]3O[C@H](CO)[C@@H](O)[C@H](O)[C@H]3O)cc(O)c2O)[C@H](O)[C@@H](O)[C@@H]1O. The van der Waals surface area contributed by atoms with Gasteiger partial charge in [0.2, 0.25) is 12.0 Å². The van der Waals surface area contributed by atoms with Crippen LogP contribution in [0.15, 0.2) is 24.3 Å². The lowest BCUT2D eigenvalue weighted by Crippen LogP contribution is -2.60. The standard InChI is InChI=1S/C27H34O17/c28-6-16-19(34)21(36)23(38)26(43-16)41-14-2-8(1-12(32)18(14)33)25-15(5-10-11(31)3-9(30)4-13(10)40-25)42-27-24(39)22(37)20(35)17(7-29)44-27/h1-4,15-17,19-39H,5-7H2/t15-,16-,17-,19-,20-,21+,22+,23-,24-,25+,26-,27-/m1/s1. The molecular formula is C27H34O17. The van der Waals surface area contributed by atoms with Gasteiger partial charge in [-0.05, 0) is 12.1 Å². The highest BCUT2D eigenvalue weighted by Crippen LogP contribution is 2.47. The molecule has 17 nitrogen and oxygen atoms in total. The van der Waals surface area contributed by atoms with Crippen LogP contribution in [-0.4, -0.2) is 142 Å². The highest BCUT2D eigenvalue weighted by Gasteiger charge is 2.48. The average molecular weight is 631 g/mol. The molecule has 0 aliphatic carbocycles. The molecule has 2 saturated heterocycles. The molecule has 0 saturated carbocycles. The molecule has 17 heteroatoms. The lowest BCUT2D eigenvalue weighted by atomic mass is 9.93. The van der Waals surface area contributed by atoms with Gasteiger partial charge in [-0.15, -0.1) is 0 Å². The van der Waals surface area contributed by atoms with E-state index in [9.17, 15) is 61.3 Å². The summed E-state index contributed by atoms with van der Waals surface area (Å²) in [7, 11) is 0. The van der Waals surface area contributed by atoms with Crippen molar-refractivity contribution >= 4 is 0 Å². The molecule has 2 aromatic rings. The lowest BCUT2D eigenvalue weighted by Gasteiger charge is -2.43. The Morgan fingerprint density at radius 1 is 0.682 bits per heavy atom. The number of hydrogen-bond donors (Lipinski definition) is 12. The van der Waals surface area contributed by atoms with Gasteiger partial charge in [0.05, 0.1) is 13.2 Å². The minimum absolute atomic E-state index is 0.00915. The van der Waals surface area contributed by atoms with Crippen molar-refractivity contribution in [1.29, 1.82) is 0 Å². The molecule has 244 valence electrons. The fourth-order valence-corrected chi connectivity index (χ4v) is 5.36. The number of benzene rings is 2. The Balaban J connectivity index is 1.50. The van der Waals surface area contributed by atoms with Crippen LogP contribution < -0.4 is 9.47 Å². The molecule has 0 bridgehead atoms. The fourth-order valence-electron chi connectivity index (χ4n) is 5.36. The molecule has 12 N–H and O–H groups in total. The second-order valence-electron chi connectivity index (χ2n) is 10.8. The second kappa shape index (κ2) is 12.7. The topological polar surface area (TPSA) is 289 Å². The van der Waals surface area contributed by atoms with Crippen LogP contribution in [0.25, 0.3) is 0 Å². The van der Waals surface area contributed by atoms with Crippen LogP contribution in [0.2, 0.25) is 0 Å². The first-order chi connectivity index (χ1) is 20.8. The molecule has 0 spiro atoms. The van der Waals surface area contributed by atoms with Crippen LogP contribution in [0.4, 0.5) is 0 Å². The van der Waals surface area contributed by atoms with E-state index >= 15 is 0 Å². The van der Waals surface area contributed by atoms with Crippen LogP contribution in [-0.2, 0) is 20.6 Å². The maximum atomic E-state index is 10.6. The molecule has 0 radical (unpaired) electrons. The number of aliphatic hydroxyl groups is 8. The van der Waals surface area contributed by atoms with Crippen molar-refractivity contribution in [2.75, 3.05) is 13.2 Å². The molecule has 2 fully saturated rings. The zero-order valence-corrected chi connectivity index (χ0v) is 22.8. The van der Waals surface area contributed by atoms with Crippen molar-refractivity contribution < 1.29 is 85.0 Å². The third-order valence-corrected chi connectivity index (χ3v) is 7.82. The van der Waals surface area contributed by atoms with Crippen LogP contribution in [0.5, 0.6) is 34.5 Å². The Morgan fingerprint density at radius 3 is 1.89 bits per heavy atom. The third-order valence-electron chi connectivity index (χ3n) is 7.82. The predicted molar refractivity (Wildman–Crippen MR) is 140 cm³/mol. The molecule has 12 atom stereocenters. The molecule has 3 aliphatic rings. The van der Waals surface area contributed by atoms with E-state index in [2.05, 4.69) is 0 Å². The number of rotatable bonds is 7. The number of ether oxygens (including phenoxy) is 5. The normalized spacial score (nSPS) is 37.2. The Bertz CT molecular complexity index is 1320. The first-order valence-electron chi connectivity index (χ1n) is 13.5. The number of phenolic OH excluding ortho intramolecular Hbond substituents is 4. The summed E-state index contributed by atoms with van der Waals surface area (Å²) in [4.78, 5) is 0. The quantitative estimate of drug-likeness (QED) is 0.132. The highest BCUT2D eigenvalue weighted by atomic mass is 16.7. The Kier molecular flexibility index (Phi) is 9.26. The first kappa shape index (κ1) is 32.2. The Labute approximate surface area is 248 Å². The van der Waals surface area contributed by atoms with Crippen molar-refractivity contribution in [3.63, 3.8) is 0 Å².